The van der Waals surface area contributed by atoms with Gasteiger partial charge in [-0.25, -0.2) is 0 Å². The highest BCUT2D eigenvalue weighted by Gasteiger charge is 2.35. The number of benzene rings is 1. The fourth-order valence-electron chi connectivity index (χ4n) is 5.01. The summed E-state index contributed by atoms with van der Waals surface area (Å²) in [5.74, 6) is -0.340. The number of phenolic OH excluding ortho intramolecular Hbond substituents is 1. The van der Waals surface area contributed by atoms with Crippen molar-refractivity contribution >= 4 is 17.8 Å². The molecule has 2 atom stereocenters. The van der Waals surface area contributed by atoms with Crippen LogP contribution in [-0.4, -0.2) is 63.5 Å². The third-order valence-corrected chi connectivity index (χ3v) is 6.63. The number of fused-ring (bicyclic) bond motifs is 1. The van der Waals surface area contributed by atoms with E-state index in [9.17, 15) is 24.6 Å². The molecule has 2 aliphatic rings. The van der Waals surface area contributed by atoms with Crippen molar-refractivity contribution in [2.45, 2.75) is 70.3 Å². The highest BCUT2D eigenvalue weighted by molar-refractivity contribution is 5.82. The van der Waals surface area contributed by atoms with Crippen molar-refractivity contribution in [3.05, 3.63) is 29.8 Å². The molecule has 0 spiro atoms. The van der Waals surface area contributed by atoms with Gasteiger partial charge in [-0.1, -0.05) is 25.0 Å². The Morgan fingerprint density at radius 2 is 1.71 bits per heavy atom. The highest BCUT2D eigenvalue weighted by atomic mass is 16.4. The van der Waals surface area contributed by atoms with Crippen LogP contribution in [0.4, 0.5) is 0 Å². The molecule has 1 aliphatic carbocycles. The van der Waals surface area contributed by atoms with E-state index in [0.29, 0.717) is 37.8 Å². The maximum absolute atomic E-state index is 12.8. The number of nitrogens with zero attached hydrogens (tertiary/aromatic N) is 2. The number of hydrogen-bond acceptors (Lipinski definition) is 4. The second kappa shape index (κ2) is 11.2. The average Bonchev–Trinajstić information content (AvgIpc) is 2.77. The number of phenols is 1. The lowest BCUT2D eigenvalue weighted by Crippen LogP contribution is -2.49. The number of likely N-dealkylation sites (tertiary alicyclic amines) is 1. The van der Waals surface area contributed by atoms with Gasteiger partial charge in [-0.3, -0.25) is 14.4 Å². The van der Waals surface area contributed by atoms with Crippen molar-refractivity contribution in [3.8, 4) is 5.75 Å². The van der Waals surface area contributed by atoms with Gasteiger partial charge < -0.3 is 20.0 Å². The van der Waals surface area contributed by atoms with Crippen LogP contribution >= 0.6 is 0 Å². The number of carboxylic acid groups (broad SMARTS) is 1. The maximum Gasteiger partial charge on any atom is 0.323 e. The second-order valence-electron chi connectivity index (χ2n) is 8.82. The molecule has 2 amide bonds. The lowest BCUT2D eigenvalue weighted by Gasteiger charge is -2.44. The first-order valence-electron chi connectivity index (χ1n) is 11.5. The fourth-order valence-corrected chi connectivity index (χ4v) is 5.01. The zero-order valence-corrected chi connectivity index (χ0v) is 18.2. The minimum atomic E-state index is -1.05. The SMILES string of the molecule is O=C(O)CN(CCc1ccc(O)cc1)C(=O)CCCC(=O)N1CCCC2CCCCC21. The minimum Gasteiger partial charge on any atom is -0.508 e. The second-order valence-corrected chi connectivity index (χ2v) is 8.82. The van der Waals surface area contributed by atoms with E-state index in [0.717, 1.165) is 24.9 Å². The normalized spacial score (nSPS) is 20.7. The van der Waals surface area contributed by atoms with Gasteiger partial charge >= 0.3 is 5.97 Å². The van der Waals surface area contributed by atoms with Crippen LogP contribution in [0.25, 0.3) is 0 Å². The van der Waals surface area contributed by atoms with E-state index in [-0.39, 0.29) is 30.5 Å². The zero-order valence-electron chi connectivity index (χ0n) is 18.2. The van der Waals surface area contributed by atoms with E-state index in [1.54, 1.807) is 24.3 Å². The number of aliphatic carboxylic acids is 1. The molecule has 1 aliphatic heterocycles. The summed E-state index contributed by atoms with van der Waals surface area (Å²) in [6.07, 6.45) is 8.53. The largest absolute Gasteiger partial charge is 0.508 e. The molecular weight excluding hydrogens is 396 g/mol. The van der Waals surface area contributed by atoms with Crippen LogP contribution in [0.5, 0.6) is 5.75 Å². The number of carboxylic acids is 1. The van der Waals surface area contributed by atoms with E-state index < -0.39 is 5.97 Å². The maximum atomic E-state index is 12.8. The Labute approximate surface area is 184 Å². The van der Waals surface area contributed by atoms with Gasteiger partial charge in [0.2, 0.25) is 11.8 Å². The number of carbonyl (C=O) groups is 3. The summed E-state index contributed by atoms with van der Waals surface area (Å²) in [5, 5.41) is 18.5. The summed E-state index contributed by atoms with van der Waals surface area (Å²) in [6.45, 7) is 0.770. The Morgan fingerprint density at radius 1 is 1.00 bits per heavy atom. The zero-order chi connectivity index (χ0) is 22.2. The van der Waals surface area contributed by atoms with E-state index in [1.165, 1.54) is 30.6 Å². The molecule has 7 nitrogen and oxygen atoms in total. The number of piperidine rings is 1. The Kier molecular flexibility index (Phi) is 8.32. The van der Waals surface area contributed by atoms with Crippen LogP contribution in [0.3, 0.4) is 0 Å². The van der Waals surface area contributed by atoms with Crippen molar-refractivity contribution < 1.29 is 24.6 Å². The molecule has 7 heteroatoms. The Morgan fingerprint density at radius 3 is 2.45 bits per heavy atom. The van der Waals surface area contributed by atoms with Gasteiger partial charge in [0.05, 0.1) is 0 Å². The summed E-state index contributed by atoms with van der Waals surface area (Å²) < 4.78 is 0. The van der Waals surface area contributed by atoms with E-state index in [4.69, 9.17) is 0 Å². The molecule has 31 heavy (non-hydrogen) atoms. The molecule has 0 radical (unpaired) electrons. The van der Waals surface area contributed by atoms with Gasteiger partial charge in [0.1, 0.15) is 12.3 Å². The molecule has 0 aromatic heterocycles. The summed E-state index contributed by atoms with van der Waals surface area (Å²) >= 11 is 0. The number of amides is 2. The molecule has 0 bridgehead atoms. The topological polar surface area (TPSA) is 98.1 Å². The smallest absolute Gasteiger partial charge is 0.323 e. The first-order chi connectivity index (χ1) is 14.9. The van der Waals surface area contributed by atoms with Gasteiger partial charge in [0.15, 0.2) is 0 Å². The van der Waals surface area contributed by atoms with Crippen molar-refractivity contribution in [2.24, 2.45) is 5.92 Å². The number of aromatic hydroxyl groups is 1. The first kappa shape index (κ1) is 23.1. The highest BCUT2D eigenvalue weighted by Crippen LogP contribution is 2.35. The first-order valence-corrected chi connectivity index (χ1v) is 11.5. The summed E-state index contributed by atoms with van der Waals surface area (Å²) in [6, 6.07) is 7.03. The molecule has 2 N–H and O–H groups in total. The Bertz CT molecular complexity index is 762. The molecule has 1 aromatic carbocycles. The van der Waals surface area contributed by atoms with E-state index in [2.05, 4.69) is 4.90 Å². The Hall–Kier alpha value is -2.57. The molecule has 2 unspecified atom stereocenters. The number of hydrogen-bond donors (Lipinski definition) is 2. The lowest BCUT2D eigenvalue weighted by molar-refractivity contribution is -0.144. The van der Waals surface area contributed by atoms with Crippen LogP contribution in [-0.2, 0) is 20.8 Å². The van der Waals surface area contributed by atoms with Crippen molar-refractivity contribution in [3.63, 3.8) is 0 Å². The van der Waals surface area contributed by atoms with Gasteiger partial charge in [-0.15, -0.1) is 0 Å². The standard InChI is InChI=1S/C24H34N2O5/c27-20-12-10-18(11-13-20)14-16-25(17-24(30)31)22(28)8-3-9-23(29)26-15-4-6-19-5-1-2-7-21(19)26/h10-13,19,21,27H,1-9,14-17H2,(H,30,31). The molecule has 2 fully saturated rings. The third-order valence-electron chi connectivity index (χ3n) is 6.63. The number of rotatable bonds is 9. The molecule has 1 heterocycles. The predicted molar refractivity (Wildman–Crippen MR) is 117 cm³/mol. The van der Waals surface area contributed by atoms with E-state index in [1.807, 2.05) is 0 Å². The molecule has 1 aromatic rings. The van der Waals surface area contributed by atoms with Crippen LogP contribution in [0.15, 0.2) is 24.3 Å². The van der Waals surface area contributed by atoms with Crippen molar-refractivity contribution in [1.82, 2.24) is 9.80 Å². The van der Waals surface area contributed by atoms with Crippen LogP contribution in [0, 0.1) is 5.92 Å². The molecular formula is C24H34N2O5. The van der Waals surface area contributed by atoms with Crippen LogP contribution in [0.1, 0.15) is 63.4 Å². The van der Waals surface area contributed by atoms with Gasteiger partial charge in [0.25, 0.3) is 0 Å². The lowest BCUT2D eigenvalue weighted by atomic mass is 9.78. The summed E-state index contributed by atoms with van der Waals surface area (Å²) in [4.78, 5) is 40.0. The van der Waals surface area contributed by atoms with Gasteiger partial charge in [-0.05, 0) is 62.1 Å². The summed E-state index contributed by atoms with van der Waals surface area (Å²) in [5.41, 5.74) is 0.920. The number of carbonyl (C=O) groups excluding carboxylic acids is 2. The summed E-state index contributed by atoms with van der Waals surface area (Å²) in [7, 11) is 0. The molecule has 3 rings (SSSR count). The van der Waals surface area contributed by atoms with E-state index >= 15 is 0 Å². The average molecular weight is 431 g/mol. The predicted octanol–water partition coefficient (Wildman–Crippen LogP) is 3.20. The minimum absolute atomic E-state index is 0.137. The van der Waals surface area contributed by atoms with Crippen LogP contribution in [0.2, 0.25) is 0 Å². The molecule has 1 saturated heterocycles. The Balaban J connectivity index is 1.47. The van der Waals surface area contributed by atoms with Gasteiger partial charge in [0, 0.05) is 32.0 Å². The van der Waals surface area contributed by atoms with Crippen molar-refractivity contribution in [1.29, 1.82) is 0 Å². The van der Waals surface area contributed by atoms with Crippen LogP contribution < -0.4 is 0 Å². The molecule has 1 saturated carbocycles. The monoisotopic (exact) mass is 430 g/mol. The quantitative estimate of drug-likeness (QED) is 0.627. The fraction of sp³-hybridized carbons (Fsp3) is 0.625. The molecule has 170 valence electrons. The van der Waals surface area contributed by atoms with Crippen molar-refractivity contribution in [2.75, 3.05) is 19.6 Å². The third kappa shape index (κ3) is 6.71. The van der Waals surface area contributed by atoms with Gasteiger partial charge in [-0.2, -0.15) is 0 Å².